The maximum atomic E-state index is 12.6. The van der Waals surface area contributed by atoms with Crippen molar-refractivity contribution in [1.82, 2.24) is 19.6 Å². The van der Waals surface area contributed by atoms with Gasteiger partial charge in [0.1, 0.15) is 34.7 Å². The maximum Gasteiger partial charge on any atom is 0.333 e. The van der Waals surface area contributed by atoms with Gasteiger partial charge < -0.3 is 18.9 Å². The first-order chi connectivity index (χ1) is 29.2. The van der Waals surface area contributed by atoms with E-state index < -0.39 is 24.0 Å². The van der Waals surface area contributed by atoms with E-state index in [0.717, 1.165) is 39.7 Å². The van der Waals surface area contributed by atoms with Crippen molar-refractivity contribution in [3.05, 3.63) is 117 Å². The Bertz CT molecular complexity index is 2440. The van der Waals surface area contributed by atoms with Gasteiger partial charge in [-0.2, -0.15) is 20.7 Å². The molecule has 4 rings (SSSR count). The van der Waals surface area contributed by atoms with Crippen LogP contribution in [-0.4, -0.2) is 44.1 Å². The number of esters is 2. The third-order valence-corrected chi connectivity index (χ3v) is 11.0. The first kappa shape index (κ1) is 51.0. The van der Waals surface area contributed by atoms with Crippen LogP contribution in [0.3, 0.4) is 0 Å². The van der Waals surface area contributed by atoms with Crippen LogP contribution in [0.5, 0.6) is 0 Å². The summed E-state index contributed by atoms with van der Waals surface area (Å²) in [6, 6.07) is 20.3. The largest absolute Gasteiger partial charge is 0.451 e. The lowest BCUT2D eigenvalue weighted by molar-refractivity contribution is -0.175. The molecule has 0 spiro atoms. The molecule has 0 fully saturated rings. The van der Waals surface area contributed by atoms with E-state index in [9.17, 15) is 20.1 Å². The zero-order valence-electron chi connectivity index (χ0n) is 40.4. The summed E-state index contributed by atoms with van der Waals surface area (Å²) >= 11 is 0. The number of rotatable bonds is 13. The molecule has 0 bridgehead atoms. The van der Waals surface area contributed by atoms with Gasteiger partial charge in [-0.25, -0.2) is 4.79 Å². The second kappa shape index (κ2) is 20.6. The van der Waals surface area contributed by atoms with E-state index in [1.807, 2.05) is 104 Å². The summed E-state index contributed by atoms with van der Waals surface area (Å²) in [4.78, 5) is 24.2. The summed E-state index contributed by atoms with van der Waals surface area (Å²) < 4.78 is 26.3. The molecule has 0 aliphatic heterocycles. The molecule has 0 amide bonds. The van der Waals surface area contributed by atoms with Crippen molar-refractivity contribution >= 4 is 34.6 Å². The number of hydrogen-bond acceptors (Lipinski definition) is 10. The Hall–Kier alpha value is -6.40. The van der Waals surface area contributed by atoms with Crippen LogP contribution >= 0.6 is 0 Å². The Kier molecular flexibility index (Phi) is 16.7. The zero-order valence-corrected chi connectivity index (χ0v) is 40.4. The monoisotopic (exact) mass is 859 g/mol. The van der Waals surface area contributed by atoms with Gasteiger partial charge in [0.25, 0.3) is 0 Å². The van der Waals surface area contributed by atoms with Crippen LogP contribution < -0.4 is 0 Å². The second-order valence-electron chi connectivity index (χ2n) is 18.3. The van der Waals surface area contributed by atoms with Crippen molar-refractivity contribution in [1.29, 1.82) is 10.5 Å². The third-order valence-electron chi connectivity index (χ3n) is 11.0. The van der Waals surface area contributed by atoms with E-state index in [2.05, 4.69) is 70.5 Å². The number of carbonyl (C=O) groups is 2. The summed E-state index contributed by atoms with van der Waals surface area (Å²) in [5.41, 5.74) is 8.62. The maximum absolute atomic E-state index is 12.6. The van der Waals surface area contributed by atoms with Crippen molar-refractivity contribution in [2.45, 2.75) is 134 Å². The zero-order chi connectivity index (χ0) is 47.8. The number of nitriles is 2. The van der Waals surface area contributed by atoms with Crippen LogP contribution in [0.25, 0.3) is 22.7 Å². The van der Waals surface area contributed by atoms with Gasteiger partial charge in [0.15, 0.2) is 11.5 Å². The highest BCUT2D eigenvalue weighted by Gasteiger charge is 2.31. The fourth-order valence-corrected chi connectivity index (χ4v) is 6.44. The van der Waals surface area contributed by atoms with Gasteiger partial charge in [0.2, 0.25) is 12.6 Å². The lowest BCUT2D eigenvalue weighted by Crippen LogP contribution is -2.30. The second-order valence-corrected chi connectivity index (χ2v) is 18.3. The number of allylic oxidation sites excluding steroid dienone is 2. The van der Waals surface area contributed by atoms with Crippen molar-refractivity contribution < 1.29 is 28.5 Å². The first-order valence-corrected chi connectivity index (χ1v) is 21.1. The third kappa shape index (κ3) is 12.6. The molecular weight excluding hydrogens is 793 g/mol. The van der Waals surface area contributed by atoms with E-state index in [4.69, 9.17) is 18.9 Å². The predicted molar refractivity (Wildman–Crippen MR) is 248 cm³/mol. The van der Waals surface area contributed by atoms with Crippen LogP contribution in [-0.2, 0) is 53.5 Å². The summed E-state index contributed by atoms with van der Waals surface area (Å²) in [6.45, 7) is 32.8. The molecule has 12 nitrogen and oxygen atoms in total. The van der Waals surface area contributed by atoms with Crippen LogP contribution in [0.15, 0.2) is 61.2 Å². The molecule has 336 valence electrons. The molecule has 2 unspecified atom stereocenters. The lowest BCUT2D eigenvalue weighted by atomic mass is 9.86. The van der Waals surface area contributed by atoms with Gasteiger partial charge in [0, 0.05) is 45.1 Å². The molecule has 4 aromatic rings. The van der Waals surface area contributed by atoms with E-state index in [1.165, 1.54) is 5.56 Å². The number of aromatic nitrogens is 4. The summed E-state index contributed by atoms with van der Waals surface area (Å²) in [5, 5.41) is 29.1. The standard InChI is InChI=1S/C27H37N3O3.C24H29N3O3/c1-11-27(8,9)25(31)33-19(4)32-24(23-17(2)18(3)29-30(23)10)22(16-28)20-12-14-21(15-13-20)26(5,6)7;1-9-21(28)29-17(4)30-23(22-15(2)16(3)26-27(22)8)20(14-25)18-10-12-19(13-11-18)24(5,6)7/h12-15,19H,11H2,1-10H3;9-13,17H,1H2,2-8H3/b24-22-;23-20-. The van der Waals surface area contributed by atoms with E-state index in [0.29, 0.717) is 46.0 Å². The van der Waals surface area contributed by atoms with E-state index in [1.54, 1.807) is 30.3 Å². The lowest BCUT2D eigenvalue weighted by Gasteiger charge is -2.25. The molecule has 63 heavy (non-hydrogen) atoms. The molecule has 0 aliphatic rings. The van der Waals surface area contributed by atoms with Crippen molar-refractivity contribution in [3.8, 4) is 12.1 Å². The molecule has 0 saturated heterocycles. The topological polar surface area (TPSA) is 154 Å². The van der Waals surface area contributed by atoms with Crippen LogP contribution in [0.2, 0.25) is 0 Å². The summed E-state index contributed by atoms with van der Waals surface area (Å²) in [7, 11) is 3.60. The number of aryl methyl sites for hydroxylation is 4. The average molecular weight is 859 g/mol. The minimum absolute atomic E-state index is 0.00108. The molecule has 0 N–H and O–H groups in total. The average Bonchev–Trinajstić information content (AvgIpc) is 3.62. The van der Waals surface area contributed by atoms with Gasteiger partial charge in [-0.15, -0.1) is 0 Å². The van der Waals surface area contributed by atoms with Gasteiger partial charge >= 0.3 is 11.9 Å². The smallest absolute Gasteiger partial charge is 0.333 e. The minimum Gasteiger partial charge on any atom is -0.451 e. The number of benzene rings is 2. The minimum atomic E-state index is -0.919. The molecule has 2 aromatic heterocycles. The molecule has 2 atom stereocenters. The fraction of sp³-hybridized carbons (Fsp3) is 0.451. The van der Waals surface area contributed by atoms with Gasteiger partial charge in [-0.1, -0.05) is 104 Å². The van der Waals surface area contributed by atoms with Gasteiger partial charge in [-0.05, 0) is 81.0 Å². The Morgan fingerprint density at radius 2 is 1.02 bits per heavy atom. The highest BCUT2D eigenvalue weighted by Crippen LogP contribution is 2.35. The Morgan fingerprint density at radius 3 is 1.29 bits per heavy atom. The Morgan fingerprint density at radius 1 is 0.667 bits per heavy atom. The molecule has 0 radical (unpaired) electrons. The Balaban J connectivity index is 0.000000337. The number of carbonyl (C=O) groups excluding carboxylic acids is 2. The highest BCUT2D eigenvalue weighted by atomic mass is 16.7. The van der Waals surface area contributed by atoms with Crippen LogP contribution in [0, 0.1) is 55.8 Å². The molecule has 0 saturated carbocycles. The summed E-state index contributed by atoms with van der Waals surface area (Å²) in [6.07, 6.45) is -0.0910. The van der Waals surface area contributed by atoms with Crippen molar-refractivity contribution in [3.63, 3.8) is 0 Å². The molecule has 2 heterocycles. The van der Waals surface area contributed by atoms with Gasteiger partial charge in [0.05, 0.1) is 16.8 Å². The van der Waals surface area contributed by atoms with Crippen molar-refractivity contribution in [2.75, 3.05) is 0 Å². The fourth-order valence-electron chi connectivity index (χ4n) is 6.44. The SMILES string of the molecule is C=CC(=O)OC(C)O/C(=C(/C#N)c1ccc(C(C)(C)C)cc1)c1c(C)c(C)nn1C.CCC(C)(C)C(=O)OC(C)O/C(=C(/C#N)c1ccc(C(C)(C)C)cc1)c1c(C)c(C)nn1C. The van der Waals surface area contributed by atoms with E-state index in [-0.39, 0.29) is 16.8 Å². The van der Waals surface area contributed by atoms with Crippen LogP contribution in [0.1, 0.15) is 139 Å². The predicted octanol–water partition coefficient (Wildman–Crippen LogP) is 10.9. The van der Waals surface area contributed by atoms with Crippen LogP contribution in [0.4, 0.5) is 0 Å². The quantitative estimate of drug-likeness (QED) is 0.0417. The number of ether oxygens (including phenoxy) is 4. The molecule has 2 aromatic carbocycles. The molecular formula is C51H66N6O6. The first-order valence-electron chi connectivity index (χ1n) is 21.1. The van der Waals surface area contributed by atoms with Crippen molar-refractivity contribution in [2.24, 2.45) is 19.5 Å². The highest BCUT2D eigenvalue weighted by molar-refractivity contribution is 5.95. The Labute approximate surface area is 374 Å². The summed E-state index contributed by atoms with van der Waals surface area (Å²) in [5.74, 6) is -0.294. The number of hydrogen-bond donors (Lipinski definition) is 0. The van der Waals surface area contributed by atoms with E-state index >= 15 is 0 Å². The normalized spacial score (nSPS) is 13.4. The van der Waals surface area contributed by atoms with Gasteiger partial charge in [-0.3, -0.25) is 14.2 Å². The molecule has 0 aliphatic carbocycles. The number of nitrogens with zero attached hydrogens (tertiary/aromatic N) is 6. The molecule has 12 heteroatoms.